The van der Waals surface area contributed by atoms with E-state index in [1.807, 2.05) is 19.1 Å². The molecule has 0 saturated heterocycles. The van der Waals surface area contributed by atoms with Crippen LogP contribution in [0.1, 0.15) is 12.5 Å². The molecule has 0 bridgehead atoms. The first-order chi connectivity index (χ1) is 7.81. The molecule has 5 nitrogen and oxygen atoms in total. The molecule has 0 radical (unpaired) electrons. The first kappa shape index (κ1) is 10.7. The van der Waals surface area contributed by atoms with Crippen LogP contribution in [0.5, 0.6) is 0 Å². The zero-order chi connectivity index (χ0) is 11.4. The fourth-order valence-electron chi connectivity index (χ4n) is 1.76. The summed E-state index contributed by atoms with van der Waals surface area (Å²) in [5.41, 5.74) is 1.06. The lowest BCUT2D eigenvalue weighted by Gasteiger charge is -2.20. The molecule has 16 heavy (non-hydrogen) atoms. The smallest absolute Gasteiger partial charge is 0.317 e. The Bertz CT molecular complexity index is 380. The normalized spacial score (nSPS) is 14.7. The molecule has 0 unspecified atom stereocenters. The molecule has 2 amide bonds. The van der Waals surface area contributed by atoms with Gasteiger partial charge in [-0.25, -0.2) is 9.78 Å². The molecule has 2 N–H and O–H groups in total. The van der Waals surface area contributed by atoms with E-state index in [1.54, 1.807) is 11.1 Å². The van der Waals surface area contributed by atoms with Crippen molar-refractivity contribution >= 4 is 11.8 Å². The highest BCUT2D eigenvalue weighted by Crippen LogP contribution is 2.16. The van der Waals surface area contributed by atoms with Gasteiger partial charge < -0.3 is 15.5 Å². The number of amides is 2. The molecule has 0 atom stereocenters. The molecule has 0 fully saturated rings. The average Bonchev–Trinajstić information content (AvgIpc) is 2.51. The highest BCUT2D eigenvalue weighted by atomic mass is 16.2. The van der Waals surface area contributed by atoms with Gasteiger partial charge in [0.15, 0.2) is 0 Å². The van der Waals surface area contributed by atoms with E-state index in [0.29, 0.717) is 19.6 Å². The summed E-state index contributed by atoms with van der Waals surface area (Å²) in [4.78, 5) is 17.8. The van der Waals surface area contributed by atoms with Gasteiger partial charge in [-0.3, -0.25) is 0 Å². The predicted octanol–water partition coefficient (Wildman–Crippen LogP) is 1.04. The average molecular weight is 220 g/mol. The van der Waals surface area contributed by atoms with Gasteiger partial charge in [-0.1, -0.05) is 6.07 Å². The van der Waals surface area contributed by atoms with Gasteiger partial charge in [0.2, 0.25) is 0 Å². The van der Waals surface area contributed by atoms with E-state index in [1.165, 1.54) is 0 Å². The fraction of sp³-hybridized carbons (Fsp3) is 0.455. The number of nitrogens with zero attached hydrogens (tertiary/aromatic N) is 2. The van der Waals surface area contributed by atoms with Crippen LogP contribution in [0.15, 0.2) is 18.3 Å². The number of nitrogens with one attached hydrogen (secondary N) is 2. The standard InChI is InChI=1S/C11H16N4O/c1-2-12-11(16)15-7-6-14-10-9(8-15)4-3-5-13-10/h3-5H,2,6-8H2,1H3,(H,12,16)(H,13,14). The van der Waals surface area contributed by atoms with Gasteiger partial charge in [0.25, 0.3) is 0 Å². The predicted molar refractivity (Wildman–Crippen MR) is 62.2 cm³/mol. The third-order valence-electron chi connectivity index (χ3n) is 2.54. The van der Waals surface area contributed by atoms with E-state index in [0.717, 1.165) is 17.9 Å². The minimum Gasteiger partial charge on any atom is -0.368 e. The Morgan fingerprint density at radius 3 is 3.38 bits per heavy atom. The molecule has 2 rings (SSSR count). The van der Waals surface area contributed by atoms with Crippen molar-refractivity contribution in [2.45, 2.75) is 13.5 Å². The molecular formula is C11H16N4O. The quantitative estimate of drug-likeness (QED) is 0.743. The van der Waals surface area contributed by atoms with Crippen LogP contribution in [0.4, 0.5) is 10.6 Å². The highest BCUT2D eigenvalue weighted by Gasteiger charge is 2.18. The van der Waals surface area contributed by atoms with Gasteiger partial charge in [-0.2, -0.15) is 0 Å². The molecule has 1 aliphatic heterocycles. The Morgan fingerprint density at radius 2 is 2.56 bits per heavy atom. The molecule has 1 aromatic heterocycles. The number of anilines is 1. The van der Waals surface area contributed by atoms with Crippen molar-refractivity contribution in [2.75, 3.05) is 25.0 Å². The van der Waals surface area contributed by atoms with E-state index >= 15 is 0 Å². The molecular weight excluding hydrogens is 204 g/mol. The van der Waals surface area contributed by atoms with E-state index < -0.39 is 0 Å². The number of urea groups is 1. The van der Waals surface area contributed by atoms with Crippen molar-refractivity contribution < 1.29 is 4.79 Å². The SMILES string of the molecule is CCNC(=O)N1CCNc2ncccc2C1. The summed E-state index contributed by atoms with van der Waals surface area (Å²) in [5.74, 6) is 0.884. The van der Waals surface area contributed by atoms with Gasteiger partial charge in [0.05, 0.1) is 6.54 Å². The number of hydrogen-bond acceptors (Lipinski definition) is 3. The molecule has 0 aliphatic carbocycles. The third kappa shape index (κ3) is 2.24. The molecule has 1 aliphatic rings. The summed E-state index contributed by atoms with van der Waals surface area (Å²) in [7, 11) is 0. The highest BCUT2D eigenvalue weighted by molar-refractivity contribution is 5.74. The lowest BCUT2D eigenvalue weighted by molar-refractivity contribution is 0.199. The number of fused-ring (bicyclic) bond motifs is 1. The fourth-order valence-corrected chi connectivity index (χ4v) is 1.76. The molecule has 1 aromatic rings. The molecule has 0 aromatic carbocycles. The maximum atomic E-state index is 11.7. The van der Waals surface area contributed by atoms with Crippen LogP contribution in [0, 0.1) is 0 Å². The summed E-state index contributed by atoms with van der Waals surface area (Å²) in [6.45, 7) is 4.62. The van der Waals surface area contributed by atoms with Crippen molar-refractivity contribution in [2.24, 2.45) is 0 Å². The second-order valence-electron chi connectivity index (χ2n) is 3.69. The zero-order valence-electron chi connectivity index (χ0n) is 9.36. The van der Waals surface area contributed by atoms with Crippen LogP contribution in [0.25, 0.3) is 0 Å². The second kappa shape index (κ2) is 4.83. The zero-order valence-corrected chi connectivity index (χ0v) is 9.36. The lowest BCUT2D eigenvalue weighted by atomic mass is 10.2. The summed E-state index contributed by atoms with van der Waals surface area (Å²) in [5, 5.41) is 6.03. The van der Waals surface area contributed by atoms with Gasteiger partial charge >= 0.3 is 6.03 Å². The largest absolute Gasteiger partial charge is 0.368 e. The van der Waals surface area contributed by atoms with Crippen LogP contribution >= 0.6 is 0 Å². The van der Waals surface area contributed by atoms with Crippen molar-refractivity contribution in [1.82, 2.24) is 15.2 Å². The second-order valence-corrected chi connectivity index (χ2v) is 3.69. The summed E-state index contributed by atoms with van der Waals surface area (Å²) in [6.07, 6.45) is 1.76. The van der Waals surface area contributed by atoms with Crippen LogP contribution in [-0.2, 0) is 6.54 Å². The number of pyridine rings is 1. The monoisotopic (exact) mass is 220 g/mol. The van der Waals surface area contributed by atoms with E-state index in [9.17, 15) is 4.79 Å². The Labute approximate surface area is 94.9 Å². The van der Waals surface area contributed by atoms with Crippen LogP contribution in [-0.4, -0.2) is 35.5 Å². The lowest BCUT2D eigenvalue weighted by Crippen LogP contribution is -2.40. The number of hydrogen-bond donors (Lipinski definition) is 2. The van der Waals surface area contributed by atoms with Gasteiger partial charge in [0, 0.05) is 31.4 Å². The van der Waals surface area contributed by atoms with Gasteiger partial charge in [0.1, 0.15) is 5.82 Å². The van der Waals surface area contributed by atoms with Crippen molar-refractivity contribution in [3.05, 3.63) is 23.9 Å². The van der Waals surface area contributed by atoms with Gasteiger partial charge in [-0.15, -0.1) is 0 Å². The molecule has 0 saturated carbocycles. The number of carbonyl (C=O) groups is 1. The summed E-state index contributed by atoms with van der Waals surface area (Å²) >= 11 is 0. The molecule has 0 spiro atoms. The number of carbonyl (C=O) groups excluding carboxylic acids is 1. The topological polar surface area (TPSA) is 57.3 Å². The van der Waals surface area contributed by atoms with Crippen molar-refractivity contribution in [3.8, 4) is 0 Å². The van der Waals surface area contributed by atoms with Crippen LogP contribution in [0.3, 0.4) is 0 Å². The van der Waals surface area contributed by atoms with E-state index in [-0.39, 0.29) is 6.03 Å². The third-order valence-corrected chi connectivity index (χ3v) is 2.54. The van der Waals surface area contributed by atoms with Gasteiger partial charge in [-0.05, 0) is 13.0 Å². The number of aromatic nitrogens is 1. The first-order valence-corrected chi connectivity index (χ1v) is 5.52. The van der Waals surface area contributed by atoms with E-state index in [4.69, 9.17) is 0 Å². The summed E-state index contributed by atoms with van der Waals surface area (Å²) < 4.78 is 0. The minimum absolute atomic E-state index is 0.0130. The Balaban J connectivity index is 2.13. The minimum atomic E-state index is -0.0130. The Hall–Kier alpha value is -1.78. The van der Waals surface area contributed by atoms with Crippen molar-refractivity contribution in [3.63, 3.8) is 0 Å². The Kier molecular flexibility index (Phi) is 3.24. The Morgan fingerprint density at radius 1 is 1.69 bits per heavy atom. The van der Waals surface area contributed by atoms with Crippen molar-refractivity contribution in [1.29, 1.82) is 0 Å². The van der Waals surface area contributed by atoms with Crippen LogP contribution < -0.4 is 10.6 Å². The first-order valence-electron chi connectivity index (χ1n) is 5.52. The maximum absolute atomic E-state index is 11.7. The van der Waals surface area contributed by atoms with Crippen LogP contribution in [0.2, 0.25) is 0 Å². The molecule has 2 heterocycles. The molecule has 86 valence electrons. The maximum Gasteiger partial charge on any atom is 0.317 e. The molecule has 5 heteroatoms. The summed E-state index contributed by atoms with van der Waals surface area (Å²) in [6, 6.07) is 3.87. The number of rotatable bonds is 1. The van der Waals surface area contributed by atoms with E-state index in [2.05, 4.69) is 15.6 Å².